The molecule has 0 bridgehead atoms. The molecule has 6 nitrogen and oxygen atoms in total. The van der Waals surface area contributed by atoms with E-state index in [4.69, 9.17) is 21.1 Å². The first-order valence-electron chi connectivity index (χ1n) is 7.45. The van der Waals surface area contributed by atoms with Crippen LogP contribution in [0.1, 0.15) is 23.2 Å². The summed E-state index contributed by atoms with van der Waals surface area (Å²) < 4.78 is 10.4. The van der Waals surface area contributed by atoms with Crippen molar-refractivity contribution in [1.29, 1.82) is 0 Å². The van der Waals surface area contributed by atoms with Crippen LogP contribution in [0.15, 0.2) is 18.2 Å². The predicted molar refractivity (Wildman–Crippen MR) is 87.3 cm³/mol. The van der Waals surface area contributed by atoms with Crippen LogP contribution in [0.2, 0.25) is 0 Å². The molecule has 1 aromatic rings. The fraction of sp³-hybridized carbons (Fsp3) is 0.500. The molecule has 0 radical (unpaired) electrons. The average molecular weight is 341 g/mol. The SMILES string of the molecule is COc1ccc(C(=O)N2CCC(NC(=O)CCl)CC2)cc1OC. The molecule has 0 aliphatic carbocycles. The normalized spacial score (nSPS) is 15.2. The maximum absolute atomic E-state index is 12.6. The van der Waals surface area contributed by atoms with Crippen LogP contribution in [0.25, 0.3) is 0 Å². The molecule has 0 aromatic heterocycles. The summed E-state index contributed by atoms with van der Waals surface area (Å²) in [6.07, 6.45) is 1.45. The van der Waals surface area contributed by atoms with Gasteiger partial charge in [-0.2, -0.15) is 0 Å². The van der Waals surface area contributed by atoms with Crippen molar-refractivity contribution in [2.45, 2.75) is 18.9 Å². The third kappa shape index (κ3) is 4.28. The summed E-state index contributed by atoms with van der Waals surface area (Å²) in [6.45, 7) is 1.20. The number of hydrogen-bond acceptors (Lipinski definition) is 4. The largest absolute Gasteiger partial charge is 0.493 e. The van der Waals surface area contributed by atoms with Crippen molar-refractivity contribution < 1.29 is 19.1 Å². The molecule has 1 saturated heterocycles. The molecule has 2 amide bonds. The molecule has 23 heavy (non-hydrogen) atoms. The van der Waals surface area contributed by atoms with Crippen LogP contribution in [-0.4, -0.2) is 55.9 Å². The smallest absolute Gasteiger partial charge is 0.253 e. The van der Waals surface area contributed by atoms with Gasteiger partial charge >= 0.3 is 0 Å². The lowest BCUT2D eigenvalue weighted by atomic mass is 10.0. The third-order valence-electron chi connectivity index (χ3n) is 3.90. The Labute approximate surface area is 140 Å². The van der Waals surface area contributed by atoms with Crippen molar-refractivity contribution in [2.24, 2.45) is 0 Å². The van der Waals surface area contributed by atoms with Crippen molar-refractivity contribution in [3.05, 3.63) is 23.8 Å². The second-order valence-electron chi connectivity index (χ2n) is 5.34. The first-order valence-corrected chi connectivity index (χ1v) is 7.99. The van der Waals surface area contributed by atoms with Crippen molar-refractivity contribution >= 4 is 23.4 Å². The molecule has 2 rings (SSSR count). The van der Waals surface area contributed by atoms with E-state index in [1.807, 2.05) is 0 Å². The van der Waals surface area contributed by atoms with Crippen molar-refractivity contribution in [3.8, 4) is 11.5 Å². The topological polar surface area (TPSA) is 67.9 Å². The molecule has 126 valence electrons. The number of carbonyl (C=O) groups excluding carboxylic acids is 2. The highest BCUT2D eigenvalue weighted by molar-refractivity contribution is 6.27. The fourth-order valence-corrected chi connectivity index (χ4v) is 2.72. The zero-order chi connectivity index (χ0) is 16.8. The van der Waals surface area contributed by atoms with E-state index in [2.05, 4.69) is 5.32 Å². The molecular formula is C16H21ClN2O4. The van der Waals surface area contributed by atoms with E-state index in [1.165, 1.54) is 7.11 Å². The lowest BCUT2D eigenvalue weighted by Crippen LogP contribution is -2.46. The van der Waals surface area contributed by atoms with Gasteiger partial charge in [-0.1, -0.05) is 0 Å². The van der Waals surface area contributed by atoms with Gasteiger partial charge in [0.1, 0.15) is 5.88 Å². The van der Waals surface area contributed by atoms with Crippen LogP contribution in [0.5, 0.6) is 11.5 Å². The number of rotatable bonds is 5. The van der Waals surface area contributed by atoms with Crippen LogP contribution >= 0.6 is 11.6 Å². The van der Waals surface area contributed by atoms with Gasteiger partial charge in [-0.15, -0.1) is 11.6 Å². The third-order valence-corrected chi connectivity index (χ3v) is 4.14. The molecule has 1 aliphatic heterocycles. The van der Waals surface area contributed by atoms with Gasteiger partial charge in [-0.3, -0.25) is 9.59 Å². The number of nitrogens with zero attached hydrogens (tertiary/aromatic N) is 1. The molecule has 7 heteroatoms. The highest BCUT2D eigenvalue weighted by Crippen LogP contribution is 2.28. The number of piperidine rings is 1. The molecule has 1 N–H and O–H groups in total. The Balaban J connectivity index is 1.98. The zero-order valence-electron chi connectivity index (χ0n) is 13.3. The number of amides is 2. The van der Waals surface area contributed by atoms with Gasteiger partial charge < -0.3 is 19.7 Å². The number of halogens is 1. The van der Waals surface area contributed by atoms with Crippen molar-refractivity contribution in [1.82, 2.24) is 10.2 Å². The maximum atomic E-state index is 12.6. The van der Waals surface area contributed by atoms with Gasteiger partial charge in [0.15, 0.2) is 11.5 Å². The minimum Gasteiger partial charge on any atom is -0.493 e. The minimum absolute atomic E-state index is 0.0369. The van der Waals surface area contributed by atoms with Crippen LogP contribution < -0.4 is 14.8 Å². The van der Waals surface area contributed by atoms with Gasteiger partial charge in [0.2, 0.25) is 5.91 Å². The lowest BCUT2D eigenvalue weighted by Gasteiger charge is -2.32. The van der Waals surface area contributed by atoms with Crippen molar-refractivity contribution in [3.63, 3.8) is 0 Å². The molecule has 1 aliphatic rings. The standard InChI is InChI=1S/C16H21ClN2O4/c1-22-13-4-3-11(9-14(13)23-2)16(21)19-7-5-12(6-8-19)18-15(20)10-17/h3-4,9,12H,5-8,10H2,1-2H3,(H,18,20). The Hall–Kier alpha value is -1.95. The molecule has 1 heterocycles. The highest BCUT2D eigenvalue weighted by atomic mass is 35.5. The Morgan fingerprint density at radius 1 is 1.22 bits per heavy atom. The number of likely N-dealkylation sites (tertiary alicyclic amines) is 1. The first-order chi connectivity index (χ1) is 11.1. The summed E-state index contributed by atoms with van der Waals surface area (Å²) in [7, 11) is 3.09. The number of nitrogens with one attached hydrogen (secondary N) is 1. The molecule has 0 spiro atoms. The molecule has 0 saturated carbocycles. The first kappa shape index (κ1) is 17.4. The Bertz CT molecular complexity index is 571. The van der Waals surface area contributed by atoms with Gasteiger partial charge in [-0.05, 0) is 31.0 Å². The van der Waals surface area contributed by atoms with Crippen LogP contribution in [0, 0.1) is 0 Å². The summed E-state index contributed by atoms with van der Waals surface area (Å²) in [5, 5.41) is 2.86. The lowest BCUT2D eigenvalue weighted by molar-refractivity contribution is -0.119. The summed E-state index contributed by atoms with van der Waals surface area (Å²) in [4.78, 5) is 25.7. The maximum Gasteiger partial charge on any atom is 0.253 e. The second kappa shape index (κ2) is 8.06. The fourth-order valence-electron chi connectivity index (χ4n) is 2.64. The van der Waals surface area contributed by atoms with Gasteiger partial charge in [-0.25, -0.2) is 0 Å². The Morgan fingerprint density at radius 3 is 2.43 bits per heavy atom. The van der Waals surface area contributed by atoms with Gasteiger partial charge in [0.25, 0.3) is 5.91 Å². The minimum atomic E-state index is -0.170. The summed E-state index contributed by atoms with van der Waals surface area (Å²) in [5.41, 5.74) is 0.561. The number of alkyl halides is 1. The molecule has 0 unspecified atom stereocenters. The van der Waals surface area contributed by atoms with Crippen LogP contribution in [0.3, 0.4) is 0 Å². The average Bonchev–Trinajstić information content (AvgIpc) is 2.60. The van der Waals surface area contributed by atoms with E-state index in [9.17, 15) is 9.59 Å². The molecule has 1 fully saturated rings. The number of methoxy groups -OCH3 is 2. The van der Waals surface area contributed by atoms with Crippen LogP contribution in [0.4, 0.5) is 0 Å². The van der Waals surface area contributed by atoms with E-state index >= 15 is 0 Å². The van der Waals surface area contributed by atoms with Crippen LogP contribution in [-0.2, 0) is 4.79 Å². The molecule has 1 aromatic carbocycles. The number of hydrogen-bond donors (Lipinski definition) is 1. The van der Waals surface area contributed by atoms with Crippen molar-refractivity contribution in [2.75, 3.05) is 33.2 Å². The van der Waals surface area contributed by atoms with E-state index in [0.29, 0.717) is 30.2 Å². The predicted octanol–water partition coefficient (Wildman–Crippen LogP) is 1.66. The Kier molecular flexibility index (Phi) is 6.10. The summed E-state index contributed by atoms with van der Waals surface area (Å²) in [5.74, 6) is 0.865. The van der Waals surface area contributed by atoms with Gasteiger partial charge in [0.05, 0.1) is 14.2 Å². The van der Waals surface area contributed by atoms with E-state index in [1.54, 1.807) is 30.2 Å². The molecule has 0 atom stereocenters. The Morgan fingerprint density at radius 2 is 1.87 bits per heavy atom. The van der Waals surface area contributed by atoms with E-state index < -0.39 is 0 Å². The summed E-state index contributed by atoms with van der Waals surface area (Å²) in [6, 6.07) is 5.21. The molecular weight excluding hydrogens is 320 g/mol. The zero-order valence-corrected chi connectivity index (χ0v) is 14.1. The monoisotopic (exact) mass is 340 g/mol. The van der Waals surface area contributed by atoms with Gasteiger partial charge in [0, 0.05) is 24.7 Å². The van der Waals surface area contributed by atoms with E-state index in [0.717, 1.165) is 12.8 Å². The van der Waals surface area contributed by atoms with E-state index in [-0.39, 0.29) is 23.7 Å². The quantitative estimate of drug-likeness (QED) is 0.828. The highest BCUT2D eigenvalue weighted by Gasteiger charge is 2.25. The summed E-state index contributed by atoms with van der Waals surface area (Å²) >= 11 is 5.48. The number of carbonyl (C=O) groups is 2. The number of ether oxygens (including phenoxy) is 2. The second-order valence-corrected chi connectivity index (χ2v) is 5.60. The number of benzene rings is 1.